The minimum absolute atomic E-state index is 0.0343. The fourth-order valence-electron chi connectivity index (χ4n) is 4.11. The predicted octanol–water partition coefficient (Wildman–Crippen LogP) is 4.15. The number of Topliss-reactive ketones (excluding diaryl/α,β-unsaturated/α-hetero) is 1. The van der Waals surface area contributed by atoms with E-state index in [0.29, 0.717) is 5.75 Å². The first kappa shape index (κ1) is 23.8. The van der Waals surface area contributed by atoms with E-state index in [-0.39, 0.29) is 24.2 Å². The smallest absolute Gasteiger partial charge is 0.425 e. The molecule has 3 rings (SSSR count). The second-order valence-electron chi connectivity index (χ2n) is 10.1. The van der Waals surface area contributed by atoms with Gasteiger partial charge in [-0.2, -0.15) is 13.2 Å². The third kappa shape index (κ3) is 3.67. The highest BCUT2D eigenvalue weighted by Gasteiger charge is 2.72. The maximum absolute atomic E-state index is 14.7. The van der Waals surface area contributed by atoms with Crippen LogP contribution in [0.4, 0.5) is 18.9 Å². The third-order valence-electron chi connectivity index (χ3n) is 5.76. The number of alkyl halides is 3. The Labute approximate surface area is 184 Å². The highest BCUT2D eigenvalue weighted by atomic mass is 19.4. The van der Waals surface area contributed by atoms with Gasteiger partial charge in [0.15, 0.2) is 5.78 Å². The van der Waals surface area contributed by atoms with E-state index in [0.717, 1.165) is 4.90 Å². The van der Waals surface area contributed by atoms with Crippen molar-refractivity contribution in [2.24, 2.45) is 10.8 Å². The number of nitrogens with zero attached hydrogens (tertiary/aromatic N) is 1. The molecule has 6 nitrogen and oxygen atoms in total. The van der Waals surface area contributed by atoms with Gasteiger partial charge in [0.2, 0.25) is 11.4 Å². The monoisotopic (exact) mass is 452 g/mol. The lowest BCUT2D eigenvalue weighted by atomic mass is 9.72. The van der Waals surface area contributed by atoms with Gasteiger partial charge < -0.3 is 10.1 Å². The van der Waals surface area contributed by atoms with Crippen molar-refractivity contribution in [3.8, 4) is 5.75 Å². The lowest BCUT2D eigenvalue weighted by Gasteiger charge is -2.37. The Balaban J connectivity index is 2.29. The van der Waals surface area contributed by atoms with E-state index < -0.39 is 45.7 Å². The molecule has 0 aromatic heterocycles. The summed E-state index contributed by atoms with van der Waals surface area (Å²) in [6, 6.07) is 5.93. The van der Waals surface area contributed by atoms with Crippen LogP contribution >= 0.6 is 0 Å². The van der Waals surface area contributed by atoms with E-state index in [4.69, 9.17) is 4.74 Å². The number of ketones is 1. The van der Waals surface area contributed by atoms with E-state index in [9.17, 15) is 27.6 Å². The predicted molar refractivity (Wildman–Crippen MR) is 112 cm³/mol. The van der Waals surface area contributed by atoms with E-state index in [1.807, 2.05) is 5.32 Å². The van der Waals surface area contributed by atoms with Gasteiger partial charge in [0, 0.05) is 23.2 Å². The summed E-state index contributed by atoms with van der Waals surface area (Å²) in [5.41, 5.74) is -5.89. The summed E-state index contributed by atoms with van der Waals surface area (Å²) < 4.78 is 49.2. The first-order valence-electron chi connectivity index (χ1n) is 10.2. The number of allylic oxidation sites excluding steroid dienone is 1. The molecule has 0 saturated heterocycles. The van der Waals surface area contributed by atoms with Crippen LogP contribution in [-0.2, 0) is 14.4 Å². The molecule has 1 atom stereocenters. The summed E-state index contributed by atoms with van der Waals surface area (Å²) in [4.78, 5) is 40.3. The Morgan fingerprint density at radius 1 is 1.06 bits per heavy atom. The average Bonchev–Trinajstić information content (AvgIpc) is 2.88. The summed E-state index contributed by atoms with van der Waals surface area (Å²) in [5.74, 6) is -2.74. The average molecular weight is 452 g/mol. The minimum Gasteiger partial charge on any atom is -0.497 e. The molecule has 1 N–H and O–H groups in total. The lowest BCUT2D eigenvalue weighted by Crippen LogP contribution is -2.67. The molecule has 0 fully saturated rings. The summed E-state index contributed by atoms with van der Waals surface area (Å²) in [7, 11) is 1.44. The standard InChI is InChI=1S/C23H27F3N2O4/c1-20(2,3)18(30)27-22(23(24,25)26)17-15(11-21(4,5)12-16(17)29)28(19(22)31)13-7-9-14(32-6)10-8-13/h7-10H,11-12H2,1-6H3,(H,27,30)/t22-/m1/s1. The Bertz CT molecular complexity index is 1000. The number of methoxy groups -OCH3 is 1. The summed E-state index contributed by atoms with van der Waals surface area (Å²) in [5, 5.41) is 1.94. The number of halogens is 3. The first-order chi connectivity index (χ1) is 14.5. The number of hydrogen-bond donors (Lipinski definition) is 1. The molecule has 0 saturated carbocycles. The van der Waals surface area contributed by atoms with Crippen molar-refractivity contribution >= 4 is 23.3 Å². The van der Waals surface area contributed by atoms with Crippen LogP contribution < -0.4 is 15.0 Å². The number of nitrogens with one attached hydrogen (secondary N) is 1. The highest BCUT2D eigenvalue weighted by Crippen LogP contribution is 2.53. The summed E-state index contributed by atoms with van der Waals surface area (Å²) in [6.45, 7) is 7.83. The van der Waals surface area contributed by atoms with E-state index in [1.54, 1.807) is 13.8 Å². The Hall–Kier alpha value is -2.84. The van der Waals surface area contributed by atoms with Crippen LogP contribution in [0.5, 0.6) is 5.75 Å². The summed E-state index contributed by atoms with van der Waals surface area (Å²) >= 11 is 0. The minimum atomic E-state index is -5.23. The number of anilines is 1. The number of carbonyl (C=O) groups is 3. The van der Waals surface area contributed by atoms with Crippen LogP contribution in [-0.4, -0.2) is 36.4 Å². The van der Waals surface area contributed by atoms with Crippen LogP contribution in [0.25, 0.3) is 0 Å². The maximum Gasteiger partial charge on any atom is 0.425 e. The zero-order valence-corrected chi connectivity index (χ0v) is 18.9. The highest BCUT2D eigenvalue weighted by molar-refractivity contribution is 6.20. The largest absolute Gasteiger partial charge is 0.497 e. The van der Waals surface area contributed by atoms with E-state index in [2.05, 4.69) is 0 Å². The van der Waals surface area contributed by atoms with Gasteiger partial charge in [-0.3, -0.25) is 19.3 Å². The van der Waals surface area contributed by atoms with E-state index in [1.165, 1.54) is 52.1 Å². The fourth-order valence-corrected chi connectivity index (χ4v) is 4.11. The number of amides is 2. The Morgan fingerprint density at radius 2 is 1.62 bits per heavy atom. The molecule has 1 aliphatic carbocycles. The molecular weight excluding hydrogens is 425 g/mol. The molecule has 1 heterocycles. The first-order valence-corrected chi connectivity index (χ1v) is 10.2. The molecule has 174 valence electrons. The molecule has 1 aromatic rings. The summed E-state index contributed by atoms with van der Waals surface area (Å²) in [6.07, 6.45) is -5.34. The molecule has 2 amide bonds. The van der Waals surface area contributed by atoms with Gasteiger partial charge in [-0.1, -0.05) is 34.6 Å². The zero-order chi connectivity index (χ0) is 24.3. The lowest BCUT2D eigenvalue weighted by molar-refractivity contribution is -0.191. The number of ether oxygens (including phenoxy) is 1. The molecule has 32 heavy (non-hydrogen) atoms. The van der Waals surface area contributed by atoms with Gasteiger partial charge in [-0.25, -0.2) is 0 Å². The molecule has 2 aliphatic rings. The van der Waals surface area contributed by atoms with Gasteiger partial charge in [0.1, 0.15) is 5.75 Å². The van der Waals surface area contributed by atoms with Gasteiger partial charge >= 0.3 is 6.18 Å². The van der Waals surface area contributed by atoms with Crippen LogP contribution in [0.3, 0.4) is 0 Å². The van der Waals surface area contributed by atoms with Crippen LogP contribution in [0, 0.1) is 10.8 Å². The molecule has 1 aliphatic heterocycles. The Kier molecular flexibility index (Phi) is 5.47. The second-order valence-corrected chi connectivity index (χ2v) is 10.1. The van der Waals surface area contributed by atoms with Crippen LogP contribution in [0.2, 0.25) is 0 Å². The normalized spacial score (nSPS) is 23.3. The van der Waals surface area contributed by atoms with Crippen LogP contribution in [0.15, 0.2) is 35.5 Å². The van der Waals surface area contributed by atoms with Crippen molar-refractivity contribution < 1.29 is 32.3 Å². The van der Waals surface area contributed by atoms with Gasteiger partial charge in [0.25, 0.3) is 5.91 Å². The topological polar surface area (TPSA) is 75.7 Å². The maximum atomic E-state index is 14.7. The van der Waals surface area contributed by atoms with Crippen molar-refractivity contribution in [1.29, 1.82) is 0 Å². The molecule has 0 bridgehead atoms. The molecule has 0 unspecified atom stereocenters. The molecule has 1 aromatic carbocycles. The fraction of sp³-hybridized carbons (Fsp3) is 0.522. The van der Waals surface area contributed by atoms with Gasteiger partial charge in [-0.15, -0.1) is 0 Å². The number of benzene rings is 1. The zero-order valence-electron chi connectivity index (χ0n) is 18.9. The van der Waals surface area contributed by atoms with Crippen molar-refractivity contribution in [2.75, 3.05) is 12.0 Å². The third-order valence-corrected chi connectivity index (χ3v) is 5.76. The van der Waals surface area contributed by atoms with E-state index >= 15 is 0 Å². The van der Waals surface area contributed by atoms with Gasteiger partial charge in [0.05, 0.1) is 12.7 Å². The molecule has 0 spiro atoms. The van der Waals surface area contributed by atoms with Crippen molar-refractivity contribution in [1.82, 2.24) is 5.32 Å². The molecule has 9 heteroatoms. The molecular formula is C23H27F3N2O4. The van der Waals surface area contributed by atoms with Crippen molar-refractivity contribution in [2.45, 2.75) is 59.2 Å². The number of hydrogen-bond acceptors (Lipinski definition) is 4. The number of rotatable bonds is 3. The molecule has 0 radical (unpaired) electrons. The number of carbonyl (C=O) groups excluding carboxylic acids is 3. The SMILES string of the molecule is COc1ccc(N2C(=O)[C@@](NC(=O)C(C)(C)C)(C(F)(F)F)C3=C2CC(C)(C)CC3=O)cc1. The Morgan fingerprint density at radius 3 is 2.09 bits per heavy atom. The van der Waals surface area contributed by atoms with Crippen molar-refractivity contribution in [3.63, 3.8) is 0 Å². The van der Waals surface area contributed by atoms with Crippen molar-refractivity contribution in [3.05, 3.63) is 35.5 Å². The quantitative estimate of drug-likeness (QED) is 0.748. The van der Waals surface area contributed by atoms with Crippen LogP contribution in [0.1, 0.15) is 47.5 Å². The van der Waals surface area contributed by atoms with Gasteiger partial charge in [-0.05, 0) is 36.1 Å². The second kappa shape index (κ2) is 7.35.